The summed E-state index contributed by atoms with van der Waals surface area (Å²) >= 11 is 0. The molecule has 0 aliphatic rings. The van der Waals surface area contributed by atoms with Crippen molar-refractivity contribution in [1.29, 1.82) is 0 Å². The lowest BCUT2D eigenvalue weighted by atomic mass is 10.0. The lowest BCUT2D eigenvalue weighted by Gasteiger charge is -2.24. The molecule has 1 N–H and O–H groups in total. The number of hydrogen-bond donors (Lipinski definition) is 1. The first-order valence-corrected chi connectivity index (χ1v) is 30.8. The fourth-order valence-corrected chi connectivity index (χ4v) is 8.68. The molecule has 0 saturated heterocycles. The number of likely N-dealkylation sites (N-methyl/N-ethyl adjacent to an activating group) is 1. The van der Waals surface area contributed by atoms with Crippen LogP contribution in [0.4, 0.5) is 0 Å². The fraction of sp³-hybridized carbons (Fsp3) is 0.742. The predicted molar refractivity (Wildman–Crippen MR) is 307 cm³/mol. The minimum Gasteiger partial charge on any atom is -0.462 e. The van der Waals surface area contributed by atoms with Crippen LogP contribution in [0.25, 0.3) is 0 Å². The lowest BCUT2D eigenvalue weighted by molar-refractivity contribution is -0.870. The zero-order valence-electron chi connectivity index (χ0n) is 47.1. The molecule has 0 rings (SSSR count). The van der Waals surface area contributed by atoms with E-state index >= 15 is 0 Å². The van der Waals surface area contributed by atoms with E-state index in [-0.39, 0.29) is 25.6 Å². The topological polar surface area (TPSA) is 108 Å². The van der Waals surface area contributed by atoms with Crippen LogP contribution in [0, 0.1) is 0 Å². The largest absolute Gasteiger partial charge is 0.472 e. The summed E-state index contributed by atoms with van der Waals surface area (Å²) in [6.07, 6.45) is 71.0. The Kier molecular flexibility index (Phi) is 51.0. The molecule has 0 aliphatic heterocycles. The van der Waals surface area contributed by atoms with Gasteiger partial charge in [0.2, 0.25) is 0 Å². The Balaban J connectivity index is 3.99. The SMILES string of the molecule is CC/C=C\C/C=C\C/C=C\C/C=C\C/C=C\C/C=C\C/C=C\CCCCCCCCCCCCCCCCCC(=O)OC(COC(=O)CCCCCCCCCCCCC)COP(=O)(O)OCC[N+](C)(C)C. The second-order valence-electron chi connectivity index (χ2n) is 20.7. The fourth-order valence-electron chi connectivity index (χ4n) is 7.94. The number of allylic oxidation sites excluding steroid dienone is 14. The van der Waals surface area contributed by atoms with Gasteiger partial charge in [-0.25, -0.2) is 4.57 Å². The molecule has 2 atom stereocenters. The summed E-state index contributed by atoms with van der Waals surface area (Å²) in [5.41, 5.74) is 0. The molecule has 0 aliphatic carbocycles. The average Bonchev–Trinajstić information content (AvgIpc) is 3.34. The van der Waals surface area contributed by atoms with Gasteiger partial charge in [-0.3, -0.25) is 18.6 Å². The normalized spacial score (nSPS) is 13.9. The molecular weight excluding hydrogens is 918 g/mol. The second-order valence-corrected chi connectivity index (χ2v) is 22.1. The van der Waals surface area contributed by atoms with E-state index < -0.39 is 26.5 Å². The van der Waals surface area contributed by atoms with E-state index in [1.807, 2.05) is 21.1 Å². The van der Waals surface area contributed by atoms with Gasteiger partial charge >= 0.3 is 19.8 Å². The molecule has 72 heavy (non-hydrogen) atoms. The van der Waals surface area contributed by atoms with Gasteiger partial charge in [-0.2, -0.15) is 0 Å². The molecular formula is C62H111NO8P+. The van der Waals surface area contributed by atoms with Gasteiger partial charge in [0.1, 0.15) is 19.8 Å². The van der Waals surface area contributed by atoms with Gasteiger partial charge in [0.25, 0.3) is 0 Å². The first-order valence-electron chi connectivity index (χ1n) is 29.3. The standard InChI is InChI=1S/C62H110NO8P/c1-6-8-10-12-14-16-18-19-20-21-22-23-24-25-26-27-28-29-30-31-32-33-34-35-36-37-38-39-40-41-42-43-45-47-49-51-53-55-62(65)71-60(59-70-72(66,67)69-57-56-63(3,4)5)58-68-61(64)54-52-50-48-46-44-17-15-13-11-9-7-2/h8,10,14,16,19-20,22-23,25-26,28-29,31-32,60H,6-7,9,11-13,15,17-18,21,24,27,30,33-59H2,1-5H3/p+1/b10-8-,16-14-,20-19-,23-22-,26-25-,29-28-,32-31-. The maximum Gasteiger partial charge on any atom is 0.472 e. The van der Waals surface area contributed by atoms with Crippen molar-refractivity contribution in [2.75, 3.05) is 47.5 Å². The van der Waals surface area contributed by atoms with Gasteiger partial charge in [0.05, 0.1) is 27.7 Å². The van der Waals surface area contributed by atoms with Crippen LogP contribution in [0.15, 0.2) is 85.1 Å². The van der Waals surface area contributed by atoms with Crippen molar-refractivity contribution in [1.82, 2.24) is 0 Å². The van der Waals surface area contributed by atoms with E-state index in [0.29, 0.717) is 23.9 Å². The van der Waals surface area contributed by atoms with E-state index in [1.54, 1.807) is 0 Å². The molecule has 0 fully saturated rings. The molecule has 0 bridgehead atoms. The van der Waals surface area contributed by atoms with Crippen molar-refractivity contribution < 1.29 is 42.1 Å². The van der Waals surface area contributed by atoms with E-state index in [9.17, 15) is 19.0 Å². The van der Waals surface area contributed by atoms with Crippen LogP contribution < -0.4 is 0 Å². The Morgan fingerprint density at radius 1 is 0.444 bits per heavy atom. The average molecular weight is 1030 g/mol. The Morgan fingerprint density at radius 2 is 0.792 bits per heavy atom. The summed E-state index contributed by atoms with van der Waals surface area (Å²) in [6, 6.07) is 0. The molecule has 10 heteroatoms. The smallest absolute Gasteiger partial charge is 0.462 e. The molecule has 2 unspecified atom stereocenters. The van der Waals surface area contributed by atoms with E-state index in [4.69, 9.17) is 18.5 Å². The lowest BCUT2D eigenvalue weighted by Crippen LogP contribution is -2.37. The number of esters is 2. The maximum absolute atomic E-state index is 12.8. The van der Waals surface area contributed by atoms with Crippen molar-refractivity contribution in [2.24, 2.45) is 0 Å². The molecule has 0 aromatic carbocycles. The number of hydrogen-bond acceptors (Lipinski definition) is 7. The molecule has 0 spiro atoms. The van der Waals surface area contributed by atoms with E-state index in [1.165, 1.54) is 128 Å². The van der Waals surface area contributed by atoms with Gasteiger partial charge in [0, 0.05) is 12.8 Å². The van der Waals surface area contributed by atoms with Crippen molar-refractivity contribution in [3.8, 4) is 0 Å². The van der Waals surface area contributed by atoms with Crippen molar-refractivity contribution in [2.45, 2.75) is 251 Å². The Labute approximate surface area is 443 Å². The van der Waals surface area contributed by atoms with Crippen LogP contribution in [0.3, 0.4) is 0 Å². The van der Waals surface area contributed by atoms with Crippen LogP contribution in [-0.4, -0.2) is 74.9 Å². The van der Waals surface area contributed by atoms with Gasteiger partial charge in [0.15, 0.2) is 6.10 Å². The molecule has 0 radical (unpaired) electrons. The monoisotopic (exact) mass is 1030 g/mol. The predicted octanol–water partition coefficient (Wildman–Crippen LogP) is 18.3. The Bertz CT molecular complexity index is 1490. The van der Waals surface area contributed by atoms with Crippen LogP contribution in [0.5, 0.6) is 0 Å². The van der Waals surface area contributed by atoms with Gasteiger partial charge in [-0.15, -0.1) is 0 Å². The highest BCUT2D eigenvalue weighted by Gasteiger charge is 2.27. The summed E-state index contributed by atoms with van der Waals surface area (Å²) < 4.78 is 34.5. The molecule has 0 amide bonds. The van der Waals surface area contributed by atoms with Crippen LogP contribution in [0.1, 0.15) is 245 Å². The summed E-state index contributed by atoms with van der Waals surface area (Å²) in [5, 5.41) is 0. The third-order valence-electron chi connectivity index (χ3n) is 12.4. The maximum atomic E-state index is 12.8. The van der Waals surface area contributed by atoms with Crippen LogP contribution >= 0.6 is 7.82 Å². The van der Waals surface area contributed by atoms with Crippen molar-refractivity contribution in [3.63, 3.8) is 0 Å². The molecule has 416 valence electrons. The Hall–Kier alpha value is -2.81. The van der Waals surface area contributed by atoms with Crippen molar-refractivity contribution in [3.05, 3.63) is 85.1 Å². The van der Waals surface area contributed by atoms with Gasteiger partial charge < -0.3 is 18.9 Å². The Morgan fingerprint density at radius 3 is 1.18 bits per heavy atom. The van der Waals surface area contributed by atoms with Crippen LogP contribution in [0.2, 0.25) is 0 Å². The van der Waals surface area contributed by atoms with Gasteiger partial charge in [-0.1, -0.05) is 247 Å². The minimum absolute atomic E-state index is 0.0311. The molecule has 0 heterocycles. The van der Waals surface area contributed by atoms with Crippen LogP contribution in [-0.2, 0) is 32.7 Å². The number of nitrogens with zero attached hydrogens (tertiary/aromatic N) is 1. The number of phosphoric ester groups is 1. The highest BCUT2D eigenvalue weighted by Crippen LogP contribution is 2.43. The zero-order chi connectivity index (χ0) is 52.7. The molecule has 0 aromatic rings. The first kappa shape index (κ1) is 69.2. The number of quaternary nitrogens is 1. The first-order chi connectivity index (χ1) is 35.0. The molecule has 9 nitrogen and oxygen atoms in total. The number of phosphoric acid groups is 1. The number of rotatable bonds is 53. The van der Waals surface area contributed by atoms with Crippen molar-refractivity contribution >= 4 is 19.8 Å². The third kappa shape index (κ3) is 56.5. The minimum atomic E-state index is -4.38. The zero-order valence-corrected chi connectivity index (χ0v) is 48.0. The second kappa shape index (κ2) is 53.0. The summed E-state index contributed by atoms with van der Waals surface area (Å²) in [4.78, 5) is 35.5. The summed E-state index contributed by atoms with van der Waals surface area (Å²) in [5.74, 6) is -0.794. The highest BCUT2D eigenvalue weighted by molar-refractivity contribution is 7.47. The van der Waals surface area contributed by atoms with E-state index in [0.717, 1.165) is 83.5 Å². The third-order valence-corrected chi connectivity index (χ3v) is 13.4. The summed E-state index contributed by atoms with van der Waals surface area (Å²) in [6.45, 7) is 4.31. The molecule has 0 aromatic heterocycles. The highest BCUT2D eigenvalue weighted by atomic mass is 31.2. The van der Waals surface area contributed by atoms with Gasteiger partial charge in [-0.05, 0) is 70.6 Å². The quantitative estimate of drug-likeness (QED) is 0.0211. The number of ether oxygens (including phenoxy) is 2. The van der Waals surface area contributed by atoms with E-state index in [2.05, 4.69) is 98.9 Å². The number of unbranched alkanes of at least 4 members (excludes halogenated alkanes) is 25. The number of carbonyl (C=O) groups is 2. The molecule has 0 saturated carbocycles. The summed E-state index contributed by atoms with van der Waals surface area (Å²) in [7, 11) is 1.48. The number of carbonyl (C=O) groups excluding carboxylic acids is 2.